The number of hydrazine groups is 1. The van der Waals surface area contributed by atoms with Crippen molar-refractivity contribution in [2.24, 2.45) is 17.8 Å². The Bertz CT molecular complexity index is 490. The van der Waals surface area contributed by atoms with Crippen LogP contribution in [0.25, 0.3) is 0 Å². The zero-order valence-electron chi connectivity index (χ0n) is 8.93. The fourth-order valence-electron chi connectivity index (χ4n) is 2.34. The third-order valence-electron chi connectivity index (χ3n) is 3.26. The van der Waals surface area contributed by atoms with E-state index < -0.39 is 0 Å². The lowest BCUT2D eigenvalue weighted by molar-refractivity contribution is -0.122. The van der Waals surface area contributed by atoms with Gasteiger partial charge in [0.15, 0.2) is 11.0 Å². The number of allylic oxidation sites excluding steroid dienone is 2. The van der Waals surface area contributed by atoms with Gasteiger partial charge in [0.25, 0.3) is 0 Å². The highest BCUT2D eigenvalue weighted by Gasteiger charge is 2.54. The van der Waals surface area contributed by atoms with Crippen LogP contribution in [0.4, 0.5) is 5.82 Å². The third-order valence-corrected chi connectivity index (χ3v) is 3.53. The highest BCUT2D eigenvalue weighted by atomic mass is 35.5. The zero-order valence-corrected chi connectivity index (χ0v) is 9.69. The van der Waals surface area contributed by atoms with E-state index in [1.165, 1.54) is 12.4 Å². The Kier molecular flexibility index (Phi) is 2.48. The quantitative estimate of drug-likeness (QED) is 0.629. The molecule has 6 heteroatoms. The van der Waals surface area contributed by atoms with Crippen molar-refractivity contribution < 1.29 is 4.79 Å². The van der Waals surface area contributed by atoms with E-state index >= 15 is 0 Å². The number of amides is 1. The van der Waals surface area contributed by atoms with E-state index in [0.29, 0.717) is 17.7 Å². The molecule has 1 aromatic heterocycles. The summed E-state index contributed by atoms with van der Waals surface area (Å²) >= 11 is 5.80. The van der Waals surface area contributed by atoms with Crippen LogP contribution in [0, 0.1) is 17.8 Å². The summed E-state index contributed by atoms with van der Waals surface area (Å²) in [6, 6.07) is 0. The van der Waals surface area contributed by atoms with Crippen molar-refractivity contribution in [3.05, 3.63) is 29.7 Å². The predicted molar refractivity (Wildman–Crippen MR) is 63.0 cm³/mol. The van der Waals surface area contributed by atoms with E-state index in [0.717, 1.165) is 6.42 Å². The number of carbonyl (C=O) groups is 1. The van der Waals surface area contributed by atoms with Crippen molar-refractivity contribution in [2.75, 3.05) is 5.43 Å². The minimum Gasteiger partial charge on any atom is -0.279 e. The van der Waals surface area contributed by atoms with Gasteiger partial charge in [-0.05, 0) is 18.3 Å². The van der Waals surface area contributed by atoms with Crippen molar-refractivity contribution in [3.8, 4) is 0 Å². The molecule has 2 aliphatic carbocycles. The Balaban J connectivity index is 1.57. The molecule has 0 spiro atoms. The highest BCUT2D eigenvalue weighted by molar-refractivity contribution is 6.31. The van der Waals surface area contributed by atoms with Crippen LogP contribution in [-0.2, 0) is 4.79 Å². The van der Waals surface area contributed by atoms with Gasteiger partial charge < -0.3 is 0 Å². The highest BCUT2D eigenvalue weighted by Crippen LogP contribution is 2.53. The van der Waals surface area contributed by atoms with Crippen LogP contribution in [0.15, 0.2) is 24.5 Å². The maximum Gasteiger partial charge on any atom is 0.242 e. The Morgan fingerprint density at radius 2 is 2.24 bits per heavy atom. The summed E-state index contributed by atoms with van der Waals surface area (Å²) in [4.78, 5) is 19.6. The SMILES string of the molecule is O=C(NNc1nccnc1Cl)C1C2C=CCC21. The number of hydrogen-bond donors (Lipinski definition) is 2. The van der Waals surface area contributed by atoms with E-state index in [4.69, 9.17) is 11.6 Å². The van der Waals surface area contributed by atoms with E-state index in [2.05, 4.69) is 33.0 Å². The summed E-state index contributed by atoms with van der Waals surface area (Å²) in [6.07, 6.45) is 8.26. The molecular weight excluding hydrogens is 240 g/mol. The fraction of sp³-hybridized carbons (Fsp3) is 0.364. The Morgan fingerprint density at radius 1 is 1.41 bits per heavy atom. The number of anilines is 1. The number of aromatic nitrogens is 2. The van der Waals surface area contributed by atoms with E-state index in [1.807, 2.05) is 0 Å². The molecule has 88 valence electrons. The zero-order chi connectivity index (χ0) is 11.8. The van der Waals surface area contributed by atoms with Gasteiger partial charge in [0.05, 0.1) is 0 Å². The van der Waals surface area contributed by atoms with Crippen molar-refractivity contribution in [1.29, 1.82) is 0 Å². The van der Waals surface area contributed by atoms with Crippen LogP contribution in [-0.4, -0.2) is 15.9 Å². The minimum atomic E-state index is -0.00827. The summed E-state index contributed by atoms with van der Waals surface area (Å²) in [7, 11) is 0. The van der Waals surface area contributed by atoms with Crippen molar-refractivity contribution in [2.45, 2.75) is 6.42 Å². The summed E-state index contributed by atoms with van der Waals surface area (Å²) in [5.41, 5.74) is 5.31. The monoisotopic (exact) mass is 250 g/mol. The summed E-state index contributed by atoms with van der Waals surface area (Å²) in [5, 5.41) is 0.240. The first-order valence-electron chi connectivity index (χ1n) is 5.46. The minimum absolute atomic E-state index is 0.00827. The summed E-state index contributed by atoms with van der Waals surface area (Å²) < 4.78 is 0. The van der Waals surface area contributed by atoms with Crippen LogP contribution in [0.2, 0.25) is 5.15 Å². The number of nitrogens with zero attached hydrogens (tertiary/aromatic N) is 2. The van der Waals surface area contributed by atoms with Gasteiger partial charge in [-0.3, -0.25) is 15.6 Å². The Morgan fingerprint density at radius 3 is 2.94 bits per heavy atom. The molecule has 0 radical (unpaired) electrons. The van der Waals surface area contributed by atoms with Gasteiger partial charge in [-0.25, -0.2) is 9.97 Å². The fourth-order valence-corrected chi connectivity index (χ4v) is 2.49. The molecule has 3 rings (SSSR count). The Hall–Kier alpha value is -1.62. The lowest BCUT2D eigenvalue weighted by Crippen LogP contribution is -2.32. The van der Waals surface area contributed by atoms with E-state index in [1.54, 1.807) is 0 Å². The molecule has 1 aromatic rings. The number of halogens is 1. The largest absolute Gasteiger partial charge is 0.279 e. The number of nitrogens with one attached hydrogen (secondary N) is 2. The van der Waals surface area contributed by atoms with Gasteiger partial charge >= 0.3 is 0 Å². The lowest BCUT2D eigenvalue weighted by atomic mass is 10.2. The molecule has 0 bridgehead atoms. The molecule has 1 amide bonds. The first-order chi connectivity index (χ1) is 8.27. The summed E-state index contributed by atoms with van der Waals surface area (Å²) in [6.45, 7) is 0. The average Bonchev–Trinajstić information content (AvgIpc) is 2.82. The number of fused-ring (bicyclic) bond motifs is 1. The van der Waals surface area contributed by atoms with Gasteiger partial charge in [0.1, 0.15) is 0 Å². The molecular formula is C11H11ClN4O. The van der Waals surface area contributed by atoms with Gasteiger partial charge in [-0.15, -0.1) is 0 Å². The predicted octanol–water partition coefficient (Wildman–Crippen LogP) is 1.40. The Labute approximate surface area is 103 Å². The molecule has 0 aliphatic heterocycles. The second-order valence-corrected chi connectivity index (χ2v) is 4.60. The molecule has 17 heavy (non-hydrogen) atoms. The van der Waals surface area contributed by atoms with Crippen molar-refractivity contribution in [3.63, 3.8) is 0 Å². The maximum absolute atomic E-state index is 11.8. The second-order valence-electron chi connectivity index (χ2n) is 4.24. The normalized spacial score (nSPS) is 28.6. The average molecular weight is 251 g/mol. The molecule has 1 heterocycles. The smallest absolute Gasteiger partial charge is 0.242 e. The maximum atomic E-state index is 11.8. The number of rotatable bonds is 3. The first-order valence-corrected chi connectivity index (χ1v) is 5.84. The molecule has 1 fully saturated rings. The molecule has 2 aliphatic rings. The molecule has 0 saturated heterocycles. The van der Waals surface area contributed by atoms with Crippen LogP contribution < -0.4 is 10.9 Å². The molecule has 2 N–H and O–H groups in total. The third kappa shape index (κ3) is 1.86. The van der Waals surface area contributed by atoms with Gasteiger partial charge in [-0.2, -0.15) is 0 Å². The van der Waals surface area contributed by atoms with Crippen LogP contribution in [0.5, 0.6) is 0 Å². The van der Waals surface area contributed by atoms with Crippen molar-refractivity contribution in [1.82, 2.24) is 15.4 Å². The standard InChI is InChI=1S/C11H11ClN4O/c12-9-10(14-5-4-13-9)15-16-11(17)8-6-2-1-3-7(6)8/h1-2,4-8H,3H2,(H,14,15)(H,16,17). The number of hydrogen-bond acceptors (Lipinski definition) is 4. The molecule has 5 nitrogen and oxygen atoms in total. The van der Waals surface area contributed by atoms with Crippen molar-refractivity contribution >= 4 is 23.3 Å². The van der Waals surface area contributed by atoms with Crippen LogP contribution >= 0.6 is 11.6 Å². The second kappa shape index (κ2) is 4.00. The number of carbonyl (C=O) groups excluding carboxylic acids is 1. The first kappa shape index (κ1) is 10.5. The van der Waals surface area contributed by atoms with E-state index in [-0.39, 0.29) is 17.0 Å². The topological polar surface area (TPSA) is 66.9 Å². The molecule has 3 unspecified atom stereocenters. The lowest BCUT2D eigenvalue weighted by Gasteiger charge is -2.08. The van der Waals surface area contributed by atoms with Gasteiger partial charge in [-0.1, -0.05) is 23.8 Å². The van der Waals surface area contributed by atoms with Gasteiger partial charge in [0.2, 0.25) is 5.91 Å². The van der Waals surface area contributed by atoms with Gasteiger partial charge in [0, 0.05) is 18.3 Å². The van der Waals surface area contributed by atoms with Crippen LogP contribution in [0.3, 0.4) is 0 Å². The van der Waals surface area contributed by atoms with Crippen LogP contribution in [0.1, 0.15) is 6.42 Å². The van der Waals surface area contributed by atoms with E-state index in [9.17, 15) is 4.79 Å². The molecule has 0 aromatic carbocycles. The summed E-state index contributed by atoms with van der Waals surface area (Å²) in [5.74, 6) is 1.38. The molecule has 3 atom stereocenters. The molecule has 1 saturated carbocycles.